The highest BCUT2D eigenvalue weighted by Gasteiger charge is 2.27. The molecule has 0 bridgehead atoms. The Labute approximate surface area is 212 Å². The molecule has 0 unspecified atom stereocenters. The van der Waals surface area contributed by atoms with Crippen LogP contribution in [-0.4, -0.2) is 71.1 Å². The molecule has 0 atom stereocenters. The zero-order valence-corrected chi connectivity index (χ0v) is 21.4. The quantitative estimate of drug-likeness (QED) is 0.435. The second kappa shape index (κ2) is 11.1. The third-order valence-electron chi connectivity index (χ3n) is 7.26. The average molecular weight is 496 g/mol. The molecule has 1 saturated carbocycles. The van der Waals surface area contributed by atoms with Crippen LogP contribution in [0.5, 0.6) is 0 Å². The molecular weight excluding hydrogens is 458 g/mol. The van der Waals surface area contributed by atoms with Gasteiger partial charge >= 0.3 is 5.97 Å². The normalized spacial score (nSPS) is 20.7. The minimum absolute atomic E-state index is 0.104. The van der Waals surface area contributed by atoms with E-state index in [9.17, 15) is 14.7 Å². The van der Waals surface area contributed by atoms with Crippen molar-refractivity contribution in [1.82, 2.24) is 14.9 Å². The Morgan fingerprint density at radius 1 is 1.08 bits per heavy atom. The molecule has 10 heteroatoms. The van der Waals surface area contributed by atoms with Gasteiger partial charge in [0.25, 0.3) is 5.91 Å². The van der Waals surface area contributed by atoms with Gasteiger partial charge < -0.3 is 31.3 Å². The van der Waals surface area contributed by atoms with Gasteiger partial charge in [0.05, 0.1) is 11.6 Å². The molecule has 0 spiro atoms. The minimum Gasteiger partial charge on any atom is -0.481 e. The molecule has 2 aliphatic rings. The number of nitrogens with zero attached hydrogens (tertiary/aromatic N) is 4. The number of hydrogen-bond donors (Lipinski definition) is 4. The van der Waals surface area contributed by atoms with Gasteiger partial charge in [-0.1, -0.05) is 6.92 Å². The molecule has 1 aliphatic carbocycles. The van der Waals surface area contributed by atoms with E-state index in [0.717, 1.165) is 50.3 Å². The maximum Gasteiger partial charge on any atom is 0.306 e. The van der Waals surface area contributed by atoms with Crippen LogP contribution >= 0.6 is 0 Å². The van der Waals surface area contributed by atoms with Gasteiger partial charge in [0.2, 0.25) is 0 Å². The molecular formula is C26H37N7O3. The largest absolute Gasteiger partial charge is 0.481 e. The summed E-state index contributed by atoms with van der Waals surface area (Å²) in [5.74, 6) is -0.734. The van der Waals surface area contributed by atoms with Gasteiger partial charge in [-0.3, -0.25) is 9.59 Å². The van der Waals surface area contributed by atoms with Gasteiger partial charge in [-0.25, -0.2) is 9.97 Å². The van der Waals surface area contributed by atoms with Crippen LogP contribution in [-0.2, 0) is 11.2 Å². The Balaban J connectivity index is 1.55. The number of aromatic nitrogens is 2. The van der Waals surface area contributed by atoms with Crippen LogP contribution in [0.3, 0.4) is 0 Å². The number of nitrogens with one attached hydrogen (secondary N) is 2. The number of likely N-dealkylation sites (N-methyl/N-ethyl adjacent to an activating group) is 1. The highest BCUT2D eigenvalue weighted by molar-refractivity contribution is 5.96. The number of anilines is 4. The van der Waals surface area contributed by atoms with Crippen molar-refractivity contribution in [3.63, 3.8) is 0 Å². The van der Waals surface area contributed by atoms with Gasteiger partial charge in [-0.15, -0.1) is 0 Å². The zero-order valence-electron chi connectivity index (χ0n) is 21.4. The number of aliphatic carboxylic acids is 1. The highest BCUT2D eigenvalue weighted by atomic mass is 16.4. The summed E-state index contributed by atoms with van der Waals surface area (Å²) in [4.78, 5) is 37.5. The predicted octanol–water partition coefficient (Wildman–Crippen LogP) is 3.00. The Kier molecular flexibility index (Phi) is 7.93. The van der Waals surface area contributed by atoms with Crippen molar-refractivity contribution < 1.29 is 14.7 Å². The molecule has 5 N–H and O–H groups in total. The van der Waals surface area contributed by atoms with Gasteiger partial charge in [0.15, 0.2) is 11.5 Å². The number of carboxylic acid groups (broad SMARTS) is 1. The Morgan fingerprint density at radius 2 is 1.78 bits per heavy atom. The molecule has 2 fully saturated rings. The van der Waals surface area contributed by atoms with E-state index in [-0.39, 0.29) is 17.7 Å². The number of piperazine rings is 1. The Morgan fingerprint density at radius 3 is 2.36 bits per heavy atom. The van der Waals surface area contributed by atoms with E-state index in [4.69, 9.17) is 10.7 Å². The topological polar surface area (TPSA) is 137 Å². The molecule has 2 aromatic rings. The first-order chi connectivity index (χ1) is 17.2. The smallest absolute Gasteiger partial charge is 0.306 e. The van der Waals surface area contributed by atoms with Crippen LogP contribution in [0.1, 0.15) is 54.4 Å². The van der Waals surface area contributed by atoms with E-state index in [1.54, 1.807) is 0 Å². The van der Waals surface area contributed by atoms with Crippen LogP contribution in [0.15, 0.2) is 18.2 Å². The summed E-state index contributed by atoms with van der Waals surface area (Å²) in [5.41, 5.74) is 9.58. The third-order valence-corrected chi connectivity index (χ3v) is 7.26. The van der Waals surface area contributed by atoms with Gasteiger partial charge in [0.1, 0.15) is 5.82 Å². The van der Waals surface area contributed by atoms with Crippen molar-refractivity contribution in [1.29, 1.82) is 0 Å². The van der Waals surface area contributed by atoms with Gasteiger partial charge in [0, 0.05) is 43.6 Å². The van der Waals surface area contributed by atoms with E-state index in [1.165, 1.54) is 5.69 Å². The molecule has 1 amide bonds. The molecule has 36 heavy (non-hydrogen) atoms. The minimum atomic E-state index is -0.728. The van der Waals surface area contributed by atoms with Gasteiger partial charge in [-0.05, 0) is 69.8 Å². The van der Waals surface area contributed by atoms with E-state index in [0.29, 0.717) is 36.6 Å². The van der Waals surface area contributed by atoms with Crippen molar-refractivity contribution >= 4 is 34.9 Å². The van der Waals surface area contributed by atoms with E-state index >= 15 is 0 Å². The number of carboxylic acids is 1. The van der Waals surface area contributed by atoms with Gasteiger partial charge in [-0.2, -0.15) is 0 Å². The molecule has 2 heterocycles. The summed E-state index contributed by atoms with van der Waals surface area (Å²) in [6.07, 6.45) is 3.33. The second-order valence-corrected chi connectivity index (χ2v) is 9.88. The first kappa shape index (κ1) is 25.7. The third kappa shape index (κ3) is 5.87. The van der Waals surface area contributed by atoms with Crippen molar-refractivity contribution in [2.24, 2.45) is 11.7 Å². The van der Waals surface area contributed by atoms with Crippen LogP contribution in [0.4, 0.5) is 23.0 Å². The lowest BCUT2D eigenvalue weighted by atomic mass is 9.86. The number of carbonyl (C=O) groups is 2. The van der Waals surface area contributed by atoms with E-state index in [2.05, 4.69) is 45.5 Å². The van der Waals surface area contributed by atoms with Crippen LogP contribution in [0.25, 0.3) is 0 Å². The van der Waals surface area contributed by atoms with Crippen LogP contribution in [0, 0.1) is 12.8 Å². The SMILES string of the molecule is CCc1nc(C(N)=O)c(Nc2ccc(N3CCN(C)CC3)c(C)c2)nc1NC1CCC(C(=O)O)CC1. The Hall–Kier alpha value is -3.40. The lowest BCUT2D eigenvalue weighted by Crippen LogP contribution is -2.44. The lowest BCUT2D eigenvalue weighted by molar-refractivity contribution is -0.142. The summed E-state index contributed by atoms with van der Waals surface area (Å²) < 4.78 is 0. The van der Waals surface area contributed by atoms with E-state index in [1.807, 2.05) is 19.1 Å². The molecule has 4 rings (SSSR count). The molecule has 1 aromatic heterocycles. The number of amides is 1. The van der Waals surface area contributed by atoms with Crippen molar-refractivity contribution in [3.8, 4) is 0 Å². The number of nitrogens with two attached hydrogens (primary N) is 1. The first-order valence-corrected chi connectivity index (χ1v) is 12.8. The maximum absolute atomic E-state index is 12.2. The zero-order chi connectivity index (χ0) is 25.8. The summed E-state index contributed by atoms with van der Waals surface area (Å²) >= 11 is 0. The number of carbonyl (C=O) groups excluding carboxylic acids is 1. The van der Waals surface area contributed by atoms with E-state index < -0.39 is 11.9 Å². The number of hydrogen-bond acceptors (Lipinski definition) is 8. The Bertz CT molecular complexity index is 1110. The summed E-state index contributed by atoms with van der Waals surface area (Å²) in [5, 5.41) is 16.0. The predicted molar refractivity (Wildman–Crippen MR) is 141 cm³/mol. The van der Waals surface area contributed by atoms with Crippen molar-refractivity contribution in [2.75, 3.05) is 48.8 Å². The van der Waals surface area contributed by atoms with Crippen molar-refractivity contribution in [2.45, 2.75) is 52.0 Å². The lowest BCUT2D eigenvalue weighted by Gasteiger charge is -2.35. The molecule has 10 nitrogen and oxygen atoms in total. The summed E-state index contributed by atoms with van der Waals surface area (Å²) in [6, 6.07) is 6.24. The number of rotatable bonds is 8. The second-order valence-electron chi connectivity index (χ2n) is 9.88. The number of benzene rings is 1. The molecule has 1 aromatic carbocycles. The maximum atomic E-state index is 12.2. The number of aryl methyl sites for hydroxylation is 2. The summed E-state index contributed by atoms with van der Waals surface area (Å²) in [6.45, 7) is 8.09. The van der Waals surface area contributed by atoms with Crippen LogP contribution in [0.2, 0.25) is 0 Å². The molecule has 1 saturated heterocycles. The highest BCUT2D eigenvalue weighted by Crippen LogP contribution is 2.30. The molecule has 0 radical (unpaired) electrons. The number of primary amides is 1. The summed E-state index contributed by atoms with van der Waals surface area (Å²) in [7, 11) is 2.14. The average Bonchev–Trinajstić information content (AvgIpc) is 2.85. The molecule has 1 aliphatic heterocycles. The molecule has 194 valence electrons. The first-order valence-electron chi connectivity index (χ1n) is 12.8. The van der Waals surface area contributed by atoms with Crippen molar-refractivity contribution in [3.05, 3.63) is 35.2 Å². The fourth-order valence-electron chi connectivity index (χ4n) is 5.04. The van der Waals surface area contributed by atoms with Crippen LogP contribution < -0.4 is 21.3 Å². The monoisotopic (exact) mass is 495 g/mol. The standard InChI is InChI=1S/C26H37N7O3/c1-4-20-24(28-18-7-5-17(6-8-18)26(35)36)31-25(22(30-20)23(27)34)29-19-9-10-21(16(2)15-19)33-13-11-32(3)12-14-33/h9-10,15,17-18H,4-8,11-14H2,1-3H3,(H2,27,34)(H,35,36)(H2,28,29,31). The fourth-order valence-corrected chi connectivity index (χ4v) is 5.04. The fraction of sp³-hybridized carbons (Fsp3) is 0.538.